The number of allylic oxidation sites excluding steroid dienone is 1. The Morgan fingerprint density at radius 1 is 1.33 bits per heavy atom. The number of halogens is 1. The number of aromatic nitrogens is 1. The normalized spacial score (nSPS) is 11.0. The number of hydrogen-bond acceptors (Lipinski definition) is 4. The van der Waals surface area contributed by atoms with Gasteiger partial charge in [-0.1, -0.05) is 38.0 Å². The number of pyridine rings is 1. The smallest absolute Gasteiger partial charge is 0.259 e. The lowest BCUT2D eigenvalue weighted by Crippen LogP contribution is -2.17. The largest absolute Gasteiger partial charge is 0.486 e. The van der Waals surface area contributed by atoms with Crippen molar-refractivity contribution in [2.75, 3.05) is 17.7 Å². The molecule has 0 atom stereocenters. The lowest BCUT2D eigenvalue weighted by atomic mass is 10.1. The van der Waals surface area contributed by atoms with Crippen molar-refractivity contribution in [2.45, 2.75) is 40.0 Å². The zero-order valence-corrected chi connectivity index (χ0v) is 16.0. The molecule has 1 heterocycles. The standard InChI is InChI=1S/C21H26FN3O2/c1-4-5-6-7-8-12-27-18-11-9-10-17(19(18)22)25-21(26)16-13-14(2)15(3)24-20(16)23/h7-11,13H,4-6,12H2,1-3H3,(H2,23,24)(H,25,26). The highest BCUT2D eigenvalue weighted by atomic mass is 19.1. The van der Waals surface area contributed by atoms with E-state index in [9.17, 15) is 9.18 Å². The molecule has 27 heavy (non-hydrogen) atoms. The molecule has 1 aromatic heterocycles. The molecule has 6 heteroatoms. The highest BCUT2D eigenvalue weighted by molar-refractivity contribution is 6.07. The minimum absolute atomic E-state index is 0.0325. The zero-order chi connectivity index (χ0) is 19.8. The van der Waals surface area contributed by atoms with Crippen LogP contribution in [0.15, 0.2) is 36.4 Å². The number of carbonyl (C=O) groups is 1. The summed E-state index contributed by atoms with van der Waals surface area (Å²) in [4.78, 5) is 16.6. The number of nitrogen functional groups attached to an aromatic ring is 1. The Balaban J connectivity index is 2.08. The predicted molar refractivity (Wildman–Crippen MR) is 107 cm³/mol. The van der Waals surface area contributed by atoms with Crippen molar-refractivity contribution in [3.63, 3.8) is 0 Å². The molecule has 0 saturated heterocycles. The van der Waals surface area contributed by atoms with Gasteiger partial charge in [0, 0.05) is 5.69 Å². The quantitative estimate of drug-likeness (QED) is 0.516. The third-order valence-corrected chi connectivity index (χ3v) is 4.18. The molecule has 0 spiro atoms. The molecule has 0 aliphatic heterocycles. The first-order chi connectivity index (χ1) is 12.9. The van der Waals surface area contributed by atoms with E-state index < -0.39 is 11.7 Å². The maximum atomic E-state index is 14.6. The van der Waals surface area contributed by atoms with Crippen LogP contribution >= 0.6 is 0 Å². The second-order valence-corrected chi connectivity index (χ2v) is 6.32. The summed E-state index contributed by atoms with van der Waals surface area (Å²) in [6, 6.07) is 6.27. The van der Waals surface area contributed by atoms with Crippen molar-refractivity contribution < 1.29 is 13.9 Å². The molecule has 0 aliphatic carbocycles. The van der Waals surface area contributed by atoms with Gasteiger partial charge in [0.15, 0.2) is 11.6 Å². The van der Waals surface area contributed by atoms with E-state index >= 15 is 0 Å². The fourth-order valence-corrected chi connectivity index (χ4v) is 2.46. The number of benzene rings is 1. The molecule has 0 radical (unpaired) electrons. The average molecular weight is 371 g/mol. The molecule has 0 fully saturated rings. The van der Waals surface area contributed by atoms with E-state index in [0.717, 1.165) is 30.5 Å². The molecule has 2 aromatic rings. The van der Waals surface area contributed by atoms with E-state index in [1.54, 1.807) is 12.1 Å². The second-order valence-electron chi connectivity index (χ2n) is 6.32. The van der Waals surface area contributed by atoms with Gasteiger partial charge in [0.05, 0.1) is 11.3 Å². The molecule has 0 saturated carbocycles. The third-order valence-electron chi connectivity index (χ3n) is 4.18. The fraction of sp³-hybridized carbons (Fsp3) is 0.333. The van der Waals surface area contributed by atoms with Gasteiger partial charge in [-0.2, -0.15) is 0 Å². The minimum Gasteiger partial charge on any atom is -0.486 e. The number of nitrogens with zero attached hydrogens (tertiary/aromatic N) is 1. The number of anilines is 2. The van der Waals surface area contributed by atoms with E-state index in [2.05, 4.69) is 17.2 Å². The SMILES string of the molecule is CCCCC=CCOc1cccc(NC(=O)c2cc(C)c(C)nc2N)c1F. The van der Waals surface area contributed by atoms with Gasteiger partial charge in [-0.15, -0.1) is 0 Å². The Morgan fingerprint density at radius 3 is 2.85 bits per heavy atom. The summed E-state index contributed by atoms with van der Waals surface area (Å²) >= 11 is 0. The van der Waals surface area contributed by atoms with Crippen LogP contribution in [0.5, 0.6) is 5.75 Å². The number of aryl methyl sites for hydroxylation is 2. The van der Waals surface area contributed by atoms with Gasteiger partial charge in [0.25, 0.3) is 5.91 Å². The maximum Gasteiger partial charge on any atom is 0.259 e. The average Bonchev–Trinajstić information content (AvgIpc) is 2.63. The number of nitrogens with two attached hydrogens (primary N) is 1. The molecule has 1 amide bonds. The number of rotatable bonds is 8. The summed E-state index contributed by atoms with van der Waals surface area (Å²) < 4.78 is 20.1. The van der Waals surface area contributed by atoms with E-state index in [1.807, 2.05) is 26.0 Å². The Morgan fingerprint density at radius 2 is 2.11 bits per heavy atom. The lowest BCUT2D eigenvalue weighted by molar-refractivity contribution is 0.102. The topological polar surface area (TPSA) is 77.2 Å². The van der Waals surface area contributed by atoms with Crippen LogP contribution in [0, 0.1) is 19.7 Å². The van der Waals surface area contributed by atoms with Gasteiger partial charge in [-0.25, -0.2) is 9.37 Å². The van der Waals surface area contributed by atoms with Crippen molar-refractivity contribution in [1.82, 2.24) is 4.98 Å². The monoisotopic (exact) mass is 371 g/mol. The summed E-state index contributed by atoms with van der Waals surface area (Å²) in [6.45, 7) is 6.04. The van der Waals surface area contributed by atoms with E-state index in [0.29, 0.717) is 0 Å². The van der Waals surface area contributed by atoms with Crippen molar-refractivity contribution in [3.05, 3.63) is 59.1 Å². The van der Waals surface area contributed by atoms with Crippen LogP contribution < -0.4 is 15.8 Å². The fourth-order valence-electron chi connectivity index (χ4n) is 2.46. The van der Waals surface area contributed by atoms with E-state index in [-0.39, 0.29) is 29.4 Å². The Hall–Kier alpha value is -2.89. The van der Waals surface area contributed by atoms with E-state index in [4.69, 9.17) is 10.5 Å². The van der Waals surface area contributed by atoms with Gasteiger partial charge in [-0.3, -0.25) is 4.79 Å². The highest BCUT2D eigenvalue weighted by Gasteiger charge is 2.16. The first-order valence-electron chi connectivity index (χ1n) is 9.05. The molecule has 0 aliphatic rings. The Kier molecular flexibility index (Phi) is 7.34. The first kappa shape index (κ1) is 20.4. The number of nitrogens with one attached hydrogen (secondary N) is 1. The maximum absolute atomic E-state index is 14.6. The lowest BCUT2D eigenvalue weighted by Gasteiger charge is -2.12. The molecule has 0 bridgehead atoms. The van der Waals surface area contributed by atoms with Crippen molar-refractivity contribution in [1.29, 1.82) is 0 Å². The van der Waals surface area contributed by atoms with Gasteiger partial charge in [-0.05, 0) is 44.0 Å². The molecule has 2 rings (SSSR count). The van der Waals surface area contributed by atoms with Crippen LogP contribution in [0.3, 0.4) is 0 Å². The van der Waals surface area contributed by atoms with Gasteiger partial charge >= 0.3 is 0 Å². The van der Waals surface area contributed by atoms with E-state index in [1.165, 1.54) is 12.1 Å². The molecule has 0 unspecified atom stereocenters. The first-order valence-corrected chi connectivity index (χ1v) is 9.05. The summed E-state index contributed by atoms with van der Waals surface area (Å²) in [5.41, 5.74) is 7.66. The number of amides is 1. The van der Waals surface area contributed by atoms with Crippen LogP contribution in [-0.2, 0) is 0 Å². The van der Waals surface area contributed by atoms with Gasteiger partial charge in [0.2, 0.25) is 0 Å². The molecule has 1 aromatic carbocycles. The number of carbonyl (C=O) groups excluding carboxylic acids is 1. The molecule has 144 valence electrons. The van der Waals surface area contributed by atoms with Crippen LogP contribution in [0.1, 0.15) is 47.8 Å². The second kappa shape index (κ2) is 9.71. The highest BCUT2D eigenvalue weighted by Crippen LogP contribution is 2.25. The number of hydrogen-bond donors (Lipinski definition) is 2. The summed E-state index contributed by atoms with van der Waals surface area (Å²) in [7, 11) is 0. The van der Waals surface area contributed by atoms with Gasteiger partial charge in [0.1, 0.15) is 12.4 Å². The van der Waals surface area contributed by atoms with Crippen molar-refractivity contribution >= 4 is 17.4 Å². The molecule has 3 N–H and O–H groups in total. The van der Waals surface area contributed by atoms with Crippen LogP contribution in [0.25, 0.3) is 0 Å². The molecular formula is C21H26FN3O2. The van der Waals surface area contributed by atoms with Crippen molar-refractivity contribution in [2.24, 2.45) is 0 Å². The molecular weight excluding hydrogens is 345 g/mol. The Bertz CT molecular complexity index is 834. The third kappa shape index (κ3) is 5.54. The van der Waals surface area contributed by atoms with Crippen LogP contribution in [0.4, 0.5) is 15.9 Å². The number of unbranched alkanes of at least 4 members (excludes halogenated alkanes) is 2. The summed E-state index contributed by atoms with van der Waals surface area (Å²) in [5, 5.41) is 2.54. The zero-order valence-electron chi connectivity index (χ0n) is 16.0. The minimum atomic E-state index is -0.622. The van der Waals surface area contributed by atoms with Gasteiger partial charge < -0.3 is 15.8 Å². The summed E-state index contributed by atoms with van der Waals surface area (Å²) in [5.74, 6) is -0.943. The van der Waals surface area contributed by atoms with Crippen LogP contribution in [-0.4, -0.2) is 17.5 Å². The Labute approximate surface area is 159 Å². The number of ether oxygens (including phenoxy) is 1. The van der Waals surface area contributed by atoms with Crippen LogP contribution in [0.2, 0.25) is 0 Å². The predicted octanol–water partition coefficient (Wildman–Crippen LogP) is 4.80. The van der Waals surface area contributed by atoms with Crippen molar-refractivity contribution in [3.8, 4) is 5.75 Å². The molecule has 5 nitrogen and oxygen atoms in total. The summed E-state index contributed by atoms with van der Waals surface area (Å²) in [6.07, 6.45) is 7.10.